The third-order valence-electron chi connectivity index (χ3n) is 3.23. The van der Waals surface area contributed by atoms with Gasteiger partial charge in [-0.3, -0.25) is 10.8 Å². The van der Waals surface area contributed by atoms with E-state index in [1.54, 1.807) is 0 Å². The Bertz CT molecular complexity index is 597. The Labute approximate surface area is 114 Å². The van der Waals surface area contributed by atoms with E-state index in [4.69, 9.17) is 10.8 Å². The molecule has 1 aromatic heterocycles. The van der Waals surface area contributed by atoms with Crippen molar-refractivity contribution in [3.63, 3.8) is 0 Å². The summed E-state index contributed by atoms with van der Waals surface area (Å²) in [6, 6.07) is 8.24. The number of rotatable bonds is 2. The molecule has 2 rings (SSSR count). The summed E-state index contributed by atoms with van der Waals surface area (Å²) in [6.45, 7) is 6.45. The number of nitrogens with one attached hydrogen (secondary N) is 1. The second-order valence-corrected chi connectivity index (χ2v) is 6.05. The summed E-state index contributed by atoms with van der Waals surface area (Å²) in [5, 5.41) is 1.04. The number of fused-ring (bicyclic) bond motifs is 1. The quantitative estimate of drug-likeness (QED) is 0.642. The third kappa shape index (κ3) is 2.63. The number of anilines is 2. The van der Waals surface area contributed by atoms with Crippen LogP contribution in [0.4, 0.5) is 11.4 Å². The molecule has 0 unspecified atom stereocenters. The number of hydrogen-bond acceptors (Lipinski definition) is 4. The molecule has 0 radical (unpaired) electrons. The lowest BCUT2D eigenvalue weighted by molar-refractivity contribution is 0.572. The van der Waals surface area contributed by atoms with Crippen molar-refractivity contribution in [1.82, 2.24) is 4.98 Å². The topological polar surface area (TPSA) is 54.2 Å². The largest absolute Gasteiger partial charge is 0.378 e. The molecule has 102 valence electrons. The first-order valence-electron chi connectivity index (χ1n) is 6.42. The Morgan fingerprint density at radius 1 is 1.16 bits per heavy atom. The lowest BCUT2D eigenvalue weighted by atomic mass is 9.90. The van der Waals surface area contributed by atoms with Crippen molar-refractivity contribution >= 4 is 22.3 Å². The molecular weight excluding hydrogens is 236 g/mol. The fourth-order valence-corrected chi connectivity index (χ4v) is 2.00. The molecule has 0 spiro atoms. The molecule has 0 fully saturated rings. The van der Waals surface area contributed by atoms with Crippen LogP contribution in [0.2, 0.25) is 0 Å². The highest BCUT2D eigenvalue weighted by molar-refractivity contribution is 5.93. The van der Waals surface area contributed by atoms with E-state index < -0.39 is 0 Å². The van der Waals surface area contributed by atoms with Crippen LogP contribution in [0.1, 0.15) is 26.5 Å². The van der Waals surface area contributed by atoms with Gasteiger partial charge in [0.2, 0.25) is 0 Å². The molecule has 2 aromatic rings. The minimum Gasteiger partial charge on any atom is -0.378 e. The zero-order chi connectivity index (χ0) is 14.2. The number of nitrogen functional groups attached to an aromatic ring is 1. The van der Waals surface area contributed by atoms with Gasteiger partial charge in [0.25, 0.3) is 0 Å². The van der Waals surface area contributed by atoms with Crippen molar-refractivity contribution in [3.05, 3.63) is 30.0 Å². The number of hydrazine groups is 1. The van der Waals surface area contributed by atoms with E-state index in [0.717, 1.165) is 28.0 Å². The van der Waals surface area contributed by atoms with Crippen molar-refractivity contribution in [2.75, 3.05) is 24.4 Å². The SMILES string of the molecule is CN(C)c1ccc2nc(C(C)(C)C)cc(NN)c2c1. The average molecular weight is 258 g/mol. The summed E-state index contributed by atoms with van der Waals surface area (Å²) in [6.07, 6.45) is 0. The molecule has 0 aliphatic carbocycles. The predicted molar refractivity (Wildman–Crippen MR) is 82.6 cm³/mol. The summed E-state index contributed by atoms with van der Waals surface area (Å²) < 4.78 is 0. The molecular formula is C15H22N4. The van der Waals surface area contributed by atoms with Crippen molar-refractivity contribution in [2.45, 2.75) is 26.2 Å². The Morgan fingerprint density at radius 3 is 2.37 bits per heavy atom. The van der Waals surface area contributed by atoms with Gasteiger partial charge in [-0.2, -0.15) is 0 Å². The molecule has 1 aromatic carbocycles. The summed E-state index contributed by atoms with van der Waals surface area (Å²) in [4.78, 5) is 6.81. The Kier molecular flexibility index (Phi) is 3.37. The third-order valence-corrected chi connectivity index (χ3v) is 3.23. The van der Waals surface area contributed by atoms with Crippen LogP contribution in [0.25, 0.3) is 10.9 Å². The molecule has 0 aliphatic rings. The maximum atomic E-state index is 5.66. The molecule has 1 heterocycles. The van der Waals surface area contributed by atoms with Gasteiger partial charge in [0.1, 0.15) is 0 Å². The van der Waals surface area contributed by atoms with Crippen LogP contribution in [-0.4, -0.2) is 19.1 Å². The van der Waals surface area contributed by atoms with Gasteiger partial charge in [0.05, 0.1) is 11.2 Å². The van der Waals surface area contributed by atoms with Gasteiger partial charge in [-0.1, -0.05) is 20.8 Å². The molecule has 0 amide bonds. The van der Waals surface area contributed by atoms with Gasteiger partial charge < -0.3 is 10.3 Å². The fraction of sp³-hybridized carbons (Fsp3) is 0.400. The van der Waals surface area contributed by atoms with Crippen molar-refractivity contribution in [2.24, 2.45) is 5.84 Å². The lowest BCUT2D eigenvalue weighted by Crippen LogP contribution is -2.16. The van der Waals surface area contributed by atoms with Gasteiger partial charge in [0.15, 0.2) is 0 Å². The molecule has 0 bridgehead atoms. The van der Waals surface area contributed by atoms with Crippen LogP contribution >= 0.6 is 0 Å². The highest BCUT2D eigenvalue weighted by atomic mass is 15.2. The highest BCUT2D eigenvalue weighted by Crippen LogP contribution is 2.30. The number of pyridine rings is 1. The highest BCUT2D eigenvalue weighted by Gasteiger charge is 2.18. The number of benzene rings is 1. The van der Waals surface area contributed by atoms with E-state index in [0.29, 0.717) is 0 Å². The van der Waals surface area contributed by atoms with Crippen molar-refractivity contribution in [1.29, 1.82) is 0 Å². The first-order valence-corrected chi connectivity index (χ1v) is 6.42. The molecule has 0 aliphatic heterocycles. The van der Waals surface area contributed by atoms with Gasteiger partial charge in [-0.15, -0.1) is 0 Å². The van der Waals surface area contributed by atoms with Crippen LogP contribution in [0.5, 0.6) is 0 Å². The van der Waals surface area contributed by atoms with Crippen LogP contribution in [0, 0.1) is 0 Å². The number of aromatic nitrogens is 1. The number of nitrogens with two attached hydrogens (primary N) is 1. The molecule has 4 heteroatoms. The number of nitrogens with zero attached hydrogens (tertiary/aromatic N) is 2. The van der Waals surface area contributed by atoms with Crippen molar-refractivity contribution in [3.8, 4) is 0 Å². The average Bonchev–Trinajstić information content (AvgIpc) is 2.35. The van der Waals surface area contributed by atoms with Crippen LogP contribution in [0.3, 0.4) is 0 Å². The van der Waals surface area contributed by atoms with Gasteiger partial charge in [-0.05, 0) is 24.3 Å². The Balaban J connectivity index is 2.70. The van der Waals surface area contributed by atoms with Gasteiger partial charge in [-0.25, -0.2) is 0 Å². The number of hydrogen-bond donors (Lipinski definition) is 2. The standard InChI is InChI=1S/C15H22N4/c1-15(2,3)14-9-13(18-16)11-8-10(19(4)5)6-7-12(11)17-14/h6-9H,16H2,1-5H3,(H,17,18). The van der Waals surface area contributed by atoms with Crippen LogP contribution in [0.15, 0.2) is 24.3 Å². The Morgan fingerprint density at radius 2 is 1.84 bits per heavy atom. The minimum absolute atomic E-state index is 0.00000933. The summed E-state index contributed by atoms with van der Waals surface area (Å²) in [5.41, 5.74) is 6.84. The van der Waals surface area contributed by atoms with Gasteiger partial charge >= 0.3 is 0 Å². The second kappa shape index (κ2) is 4.70. The monoisotopic (exact) mass is 258 g/mol. The maximum absolute atomic E-state index is 5.66. The predicted octanol–water partition coefficient (Wildman–Crippen LogP) is 2.88. The zero-order valence-corrected chi connectivity index (χ0v) is 12.3. The Hall–Kier alpha value is -1.81. The summed E-state index contributed by atoms with van der Waals surface area (Å²) >= 11 is 0. The van der Waals surface area contributed by atoms with E-state index in [2.05, 4.69) is 43.2 Å². The second-order valence-electron chi connectivity index (χ2n) is 6.05. The summed E-state index contributed by atoms with van der Waals surface area (Å²) in [7, 11) is 4.04. The zero-order valence-electron chi connectivity index (χ0n) is 12.3. The molecule has 19 heavy (non-hydrogen) atoms. The normalized spacial score (nSPS) is 11.7. The van der Waals surface area contributed by atoms with E-state index in [-0.39, 0.29) is 5.41 Å². The molecule has 4 nitrogen and oxygen atoms in total. The molecule has 0 atom stereocenters. The van der Waals surface area contributed by atoms with Crippen molar-refractivity contribution < 1.29 is 0 Å². The van der Waals surface area contributed by atoms with E-state index >= 15 is 0 Å². The van der Waals surface area contributed by atoms with E-state index in [1.807, 2.05) is 26.2 Å². The van der Waals surface area contributed by atoms with Crippen LogP contribution in [-0.2, 0) is 5.41 Å². The van der Waals surface area contributed by atoms with E-state index in [9.17, 15) is 0 Å². The lowest BCUT2D eigenvalue weighted by Gasteiger charge is -2.21. The van der Waals surface area contributed by atoms with Crippen LogP contribution < -0.4 is 16.2 Å². The van der Waals surface area contributed by atoms with Gasteiger partial charge in [0, 0.05) is 36.3 Å². The molecule has 0 saturated carbocycles. The molecule has 0 saturated heterocycles. The summed E-state index contributed by atoms with van der Waals surface area (Å²) in [5.74, 6) is 5.66. The molecule has 3 N–H and O–H groups in total. The first kappa shape index (κ1) is 13.6. The van der Waals surface area contributed by atoms with E-state index in [1.165, 1.54) is 0 Å². The first-order chi connectivity index (χ1) is 8.82. The minimum atomic E-state index is 0.00000933. The fourth-order valence-electron chi connectivity index (χ4n) is 2.00. The smallest absolute Gasteiger partial charge is 0.0728 e. The maximum Gasteiger partial charge on any atom is 0.0728 e.